The standard InChI is InChI=1S/C13H19N3O4S/c1-3-4-10-9(5-14-8-15-10)13(17)16-11-6-21(18,19)7-12(11)20-2/h5,8,11-12H,3-4,6-7H2,1-2H3,(H,16,17)/t11-,12-/m0/s1. The SMILES string of the molecule is CCCc1ncncc1C(=O)N[C@H]1CS(=O)(=O)C[C@@H]1OC. The van der Waals surface area contributed by atoms with Crippen LogP contribution in [-0.4, -0.2) is 55.1 Å². The molecule has 0 aliphatic carbocycles. The maximum atomic E-state index is 12.3. The number of hydrogen-bond donors (Lipinski definition) is 1. The molecule has 1 fully saturated rings. The third-order valence-electron chi connectivity index (χ3n) is 3.45. The third-order valence-corrected chi connectivity index (χ3v) is 5.15. The number of methoxy groups -OCH3 is 1. The van der Waals surface area contributed by atoms with Crippen LogP contribution in [0.4, 0.5) is 0 Å². The van der Waals surface area contributed by atoms with Crippen LogP contribution in [0.5, 0.6) is 0 Å². The molecule has 2 heterocycles. The van der Waals surface area contributed by atoms with Gasteiger partial charge in [0, 0.05) is 13.3 Å². The highest BCUT2D eigenvalue weighted by molar-refractivity contribution is 7.91. The van der Waals surface area contributed by atoms with Crippen molar-refractivity contribution in [2.75, 3.05) is 18.6 Å². The van der Waals surface area contributed by atoms with Gasteiger partial charge in [-0.05, 0) is 6.42 Å². The van der Waals surface area contributed by atoms with Gasteiger partial charge in [0.1, 0.15) is 6.33 Å². The first-order valence-corrected chi connectivity index (χ1v) is 8.62. The average molecular weight is 313 g/mol. The van der Waals surface area contributed by atoms with E-state index >= 15 is 0 Å². The molecule has 0 aromatic carbocycles. The molecule has 116 valence electrons. The monoisotopic (exact) mass is 313 g/mol. The molecule has 1 saturated heterocycles. The van der Waals surface area contributed by atoms with Gasteiger partial charge in [-0.2, -0.15) is 0 Å². The van der Waals surface area contributed by atoms with Gasteiger partial charge in [0.05, 0.1) is 34.9 Å². The molecule has 1 aliphatic rings. The fourth-order valence-electron chi connectivity index (χ4n) is 2.41. The Morgan fingerprint density at radius 1 is 1.48 bits per heavy atom. The highest BCUT2D eigenvalue weighted by atomic mass is 32.2. The van der Waals surface area contributed by atoms with E-state index < -0.39 is 22.0 Å². The lowest BCUT2D eigenvalue weighted by Gasteiger charge is -2.18. The number of rotatable bonds is 5. The first-order valence-electron chi connectivity index (χ1n) is 6.79. The molecule has 8 heteroatoms. The van der Waals surface area contributed by atoms with Gasteiger partial charge in [-0.1, -0.05) is 13.3 Å². The Kier molecular flexibility index (Phi) is 4.89. The minimum atomic E-state index is -3.18. The van der Waals surface area contributed by atoms with Gasteiger partial charge in [0.15, 0.2) is 9.84 Å². The topological polar surface area (TPSA) is 98.3 Å². The zero-order chi connectivity index (χ0) is 15.5. The summed E-state index contributed by atoms with van der Waals surface area (Å²) in [6.45, 7) is 1.99. The normalized spacial score (nSPS) is 23.9. The van der Waals surface area contributed by atoms with Gasteiger partial charge >= 0.3 is 0 Å². The Balaban J connectivity index is 2.15. The summed E-state index contributed by atoms with van der Waals surface area (Å²) in [6.07, 6.45) is 3.87. The highest BCUT2D eigenvalue weighted by Gasteiger charge is 2.39. The summed E-state index contributed by atoms with van der Waals surface area (Å²) in [5, 5.41) is 2.73. The van der Waals surface area contributed by atoms with E-state index in [1.165, 1.54) is 19.6 Å². The van der Waals surface area contributed by atoms with Crippen LogP contribution in [0.2, 0.25) is 0 Å². The van der Waals surface area contributed by atoms with Crippen molar-refractivity contribution in [3.05, 3.63) is 23.8 Å². The largest absolute Gasteiger partial charge is 0.378 e. The quantitative estimate of drug-likeness (QED) is 0.820. The lowest BCUT2D eigenvalue weighted by Crippen LogP contribution is -2.43. The first kappa shape index (κ1) is 15.8. The minimum absolute atomic E-state index is 0.0679. The van der Waals surface area contributed by atoms with Crippen molar-refractivity contribution < 1.29 is 17.9 Å². The van der Waals surface area contributed by atoms with Gasteiger partial charge in [-0.3, -0.25) is 4.79 Å². The molecular weight excluding hydrogens is 294 g/mol. The van der Waals surface area contributed by atoms with Crippen LogP contribution in [0.3, 0.4) is 0 Å². The zero-order valence-electron chi connectivity index (χ0n) is 12.1. The molecule has 0 bridgehead atoms. The Labute approximate surface area is 124 Å². The van der Waals surface area contributed by atoms with E-state index in [1.807, 2.05) is 6.92 Å². The molecule has 0 spiro atoms. The summed E-state index contributed by atoms with van der Waals surface area (Å²) >= 11 is 0. The summed E-state index contributed by atoms with van der Waals surface area (Å²) in [4.78, 5) is 20.3. The predicted molar refractivity (Wildman–Crippen MR) is 76.7 cm³/mol. The molecule has 21 heavy (non-hydrogen) atoms. The van der Waals surface area contributed by atoms with E-state index in [4.69, 9.17) is 4.74 Å². The number of carbonyl (C=O) groups excluding carboxylic acids is 1. The number of ether oxygens (including phenoxy) is 1. The van der Waals surface area contributed by atoms with Crippen LogP contribution in [0.25, 0.3) is 0 Å². The number of hydrogen-bond acceptors (Lipinski definition) is 6. The molecule has 0 unspecified atom stereocenters. The first-order chi connectivity index (χ1) is 9.96. The van der Waals surface area contributed by atoms with E-state index in [-0.39, 0.29) is 17.4 Å². The number of aromatic nitrogens is 2. The van der Waals surface area contributed by atoms with E-state index in [0.717, 1.165) is 6.42 Å². The van der Waals surface area contributed by atoms with Crippen molar-refractivity contribution in [1.82, 2.24) is 15.3 Å². The number of aryl methyl sites for hydroxylation is 1. The molecule has 1 amide bonds. The van der Waals surface area contributed by atoms with Gasteiger partial charge in [0.2, 0.25) is 0 Å². The number of sulfone groups is 1. The summed E-state index contributed by atoms with van der Waals surface area (Å²) in [5.41, 5.74) is 1.05. The van der Waals surface area contributed by atoms with Crippen molar-refractivity contribution in [2.45, 2.75) is 31.9 Å². The number of nitrogens with zero attached hydrogens (tertiary/aromatic N) is 2. The molecule has 7 nitrogen and oxygen atoms in total. The summed E-state index contributed by atoms with van der Waals surface area (Å²) in [7, 11) is -1.73. The van der Waals surface area contributed by atoms with E-state index in [0.29, 0.717) is 17.7 Å². The zero-order valence-corrected chi connectivity index (χ0v) is 12.9. The summed E-state index contributed by atoms with van der Waals surface area (Å²) in [6, 6.07) is -0.540. The van der Waals surface area contributed by atoms with Crippen molar-refractivity contribution in [3.8, 4) is 0 Å². The molecule has 1 aliphatic heterocycles. The molecular formula is C13H19N3O4S. The minimum Gasteiger partial charge on any atom is -0.378 e. The molecule has 2 rings (SSSR count). The Hall–Kier alpha value is -1.54. The fourth-order valence-corrected chi connectivity index (χ4v) is 4.26. The molecule has 0 radical (unpaired) electrons. The lowest BCUT2D eigenvalue weighted by molar-refractivity contribution is 0.0785. The molecule has 1 N–H and O–H groups in total. The van der Waals surface area contributed by atoms with Crippen LogP contribution >= 0.6 is 0 Å². The Morgan fingerprint density at radius 3 is 2.90 bits per heavy atom. The summed E-state index contributed by atoms with van der Waals surface area (Å²) in [5.74, 6) is -0.529. The van der Waals surface area contributed by atoms with Crippen LogP contribution < -0.4 is 5.32 Å². The number of amides is 1. The molecule has 2 atom stereocenters. The second-order valence-corrected chi connectivity index (χ2v) is 7.22. The maximum absolute atomic E-state index is 12.3. The van der Waals surface area contributed by atoms with E-state index in [1.54, 1.807) is 0 Å². The van der Waals surface area contributed by atoms with E-state index in [9.17, 15) is 13.2 Å². The maximum Gasteiger partial charge on any atom is 0.255 e. The van der Waals surface area contributed by atoms with Gasteiger partial charge < -0.3 is 10.1 Å². The molecule has 1 aromatic heterocycles. The third kappa shape index (κ3) is 3.76. The summed E-state index contributed by atoms with van der Waals surface area (Å²) < 4.78 is 28.4. The highest BCUT2D eigenvalue weighted by Crippen LogP contribution is 2.16. The number of carbonyl (C=O) groups is 1. The van der Waals surface area contributed by atoms with Crippen molar-refractivity contribution in [2.24, 2.45) is 0 Å². The second kappa shape index (κ2) is 6.48. The van der Waals surface area contributed by atoms with Crippen LogP contribution in [0, 0.1) is 0 Å². The van der Waals surface area contributed by atoms with Gasteiger partial charge in [0.25, 0.3) is 5.91 Å². The van der Waals surface area contributed by atoms with Crippen molar-refractivity contribution >= 4 is 15.7 Å². The van der Waals surface area contributed by atoms with Crippen molar-refractivity contribution in [3.63, 3.8) is 0 Å². The fraction of sp³-hybridized carbons (Fsp3) is 0.615. The number of nitrogens with one attached hydrogen (secondary N) is 1. The van der Waals surface area contributed by atoms with Crippen LogP contribution in [-0.2, 0) is 21.0 Å². The van der Waals surface area contributed by atoms with Gasteiger partial charge in [-0.15, -0.1) is 0 Å². The van der Waals surface area contributed by atoms with E-state index in [2.05, 4.69) is 15.3 Å². The predicted octanol–water partition coefficient (Wildman–Crippen LogP) is -0.0291. The molecule has 0 saturated carbocycles. The van der Waals surface area contributed by atoms with Crippen LogP contribution in [0.1, 0.15) is 29.4 Å². The average Bonchev–Trinajstić information content (AvgIpc) is 2.74. The van der Waals surface area contributed by atoms with Crippen molar-refractivity contribution in [1.29, 1.82) is 0 Å². The Bertz CT molecular complexity index is 618. The second-order valence-electron chi connectivity index (χ2n) is 5.06. The Morgan fingerprint density at radius 2 is 2.24 bits per heavy atom. The lowest BCUT2D eigenvalue weighted by atomic mass is 10.1. The smallest absolute Gasteiger partial charge is 0.255 e. The van der Waals surface area contributed by atoms with Crippen LogP contribution in [0.15, 0.2) is 12.5 Å². The van der Waals surface area contributed by atoms with Gasteiger partial charge in [-0.25, -0.2) is 18.4 Å². The molecule has 1 aromatic rings.